The molecule has 7 N–H and O–H groups in total. The minimum atomic E-state index is -2.06. The van der Waals surface area contributed by atoms with Crippen molar-refractivity contribution in [1.29, 1.82) is 0 Å². The molecular formula is C14H18N4O6. The molecule has 2 rings (SSSR count). The first-order valence-electron chi connectivity index (χ1n) is 7.06. The number of anilines is 1. The molecule has 0 aliphatic rings. The second kappa shape index (κ2) is 7.95. The molecule has 1 aromatic carbocycles. The Kier molecular flexibility index (Phi) is 5.95. The lowest BCUT2D eigenvalue weighted by atomic mass is 10.0. The van der Waals surface area contributed by atoms with Gasteiger partial charge in [0.2, 0.25) is 5.95 Å². The SMILES string of the molecule is O=C(Nc1n[nH]c(-c2ccccc2)n1)[C@H](O)[C@@H](O)[C@H](O)[C@H](O)CO. The lowest BCUT2D eigenvalue weighted by Gasteiger charge is -2.24. The van der Waals surface area contributed by atoms with Crippen LogP contribution >= 0.6 is 0 Å². The van der Waals surface area contributed by atoms with Crippen LogP contribution in [0.5, 0.6) is 0 Å². The van der Waals surface area contributed by atoms with Crippen molar-refractivity contribution in [3.05, 3.63) is 30.3 Å². The molecule has 1 amide bonds. The normalized spacial score (nSPS) is 16.2. The van der Waals surface area contributed by atoms with Crippen LogP contribution in [0.15, 0.2) is 30.3 Å². The first-order chi connectivity index (χ1) is 11.4. The maximum atomic E-state index is 11.8. The van der Waals surface area contributed by atoms with Crippen molar-refractivity contribution in [1.82, 2.24) is 15.2 Å². The molecule has 0 aliphatic carbocycles. The van der Waals surface area contributed by atoms with E-state index in [1.165, 1.54) is 0 Å². The topological polar surface area (TPSA) is 172 Å². The maximum absolute atomic E-state index is 11.8. The van der Waals surface area contributed by atoms with Crippen molar-refractivity contribution in [2.24, 2.45) is 0 Å². The van der Waals surface area contributed by atoms with E-state index in [2.05, 4.69) is 20.5 Å². The van der Waals surface area contributed by atoms with E-state index in [0.29, 0.717) is 5.82 Å². The van der Waals surface area contributed by atoms with Crippen LogP contribution in [-0.2, 0) is 4.79 Å². The highest BCUT2D eigenvalue weighted by Crippen LogP contribution is 2.15. The van der Waals surface area contributed by atoms with Gasteiger partial charge in [-0.25, -0.2) is 0 Å². The molecule has 10 heteroatoms. The number of benzene rings is 1. The van der Waals surface area contributed by atoms with E-state index < -0.39 is 36.9 Å². The number of aromatic nitrogens is 3. The number of amides is 1. The maximum Gasteiger partial charge on any atom is 0.258 e. The monoisotopic (exact) mass is 338 g/mol. The van der Waals surface area contributed by atoms with Gasteiger partial charge >= 0.3 is 0 Å². The van der Waals surface area contributed by atoms with Gasteiger partial charge in [-0.05, 0) is 0 Å². The number of H-pyrrole nitrogens is 1. The van der Waals surface area contributed by atoms with Gasteiger partial charge in [0.05, 0.1) is 6.61 Å². The van der Waals surface area contributed by atoms with E-state index in [1.54, 1.807) is 24.3 Å². The first kappa shape index (κ1) is 18.0. The van der Waals surface area contributed by atoms with Crippen LogP contribution in [0.4, 0.5) is 5.95 Å². The molecule has 2 aromatic rings. The van der Waals surface area contributed by atoms with Gasteiger partial charge in [-0.2, -0.15) is 4.98 Å². The van der Waals surface area contributed by atoms with Gasteiger partial charge in [0.1, 0.15) is 18.3 Å². The summed E-state index contributed by atoms with van der Waals surface area (Å²) in [4.78, 5) is 15.9. The Labute approximate surface area is 136 Å². The number of nitrogens with one attached hydrogen (secondary N) is 2. The summed E-state index contributed by atoms with van der Waals surface area (Å²) < 4.78 is 0. The Bertz CT molecular complexity index is 664. The minimum absolute atomic E-state index is 0.137. The molecule has 1 aromatic heterocycles. The minimum Gasteiger partial charge on any atom is -0.394 e. The van der Waals surface area contributed by atoms with Crippen molar-refractivity contribution >= 4 is 11.9 Å². The van der Waals surface area contributed by atoms with Crippen LogP contribution in [0.3, 0.4) is 0 Å². The van der Waals surface area contributed by atoms with Gasteiger partial charge in [0, 0.05) is 5.56 Å². The molecule has 4 atom stereocenters. The molecule has 0 fully saturated rings. The molecule has 1 heterocycles. The van der Waals surface area contributed by atoms with Crippen molar-refractivity contribution in [3.8, 4) is 11.4 Å². The zero-order valence-corrected chi connectivity index (χ0v) is 12.4. The number of hydrogen-bond donors (Lipinski definition) is 7. The number of rotatable bonds is 7. The average Bonchev–Trinajstić information content (AvgIpc) is 3.08. The summed E-state index contributed by atoms with van der Waals surface area (Å²) in [6.07, 6.45) is -7.65. The predicted molar refractivity (Wildman–Crippen MR) is 81.6 cm³/mol. The largest absolute Gasteiger partial charge is 0.394 e. The quantitative estimate of drug-likeness (QED) is 0.299. The Morgan fingerprint density at radius 1 is 1.12 bits per heavy atom. The Morgan fingerprint density at radius 3 is 2.42 bits per heavy atom. The van der Waals surface area contributed by atoms with Crippen molar-refractivity contribution in [2.45, 2.75) is 24.4 Å². The smallest absolute Gasteiger partial charge is 0.258 e. The molecule has 0 unspecified atom stereocenters. The second-order valence-corrected chi connectivity index (χ2v) is 5.04. The van der Waals surface area contributed by atoms with Crippen LogP contribution in [-0.4, -0.2) is 77.6 Å². The van der Waals surface area contributed by atoms with Crippen LogP contribution in [0.2, 0.25) is 0 Å². The summed E-state index contributed by atoms with van der Waals surface area (Å²) in [5, 5.41) is 55.3. The molecule has 0 bridgehead atoms. The van der Waals surface area contributed by atoms with E-state index in [4.69, 9.17) is 5.11 Å². The van der Waals surface area contributed by atoms with Gasteiger partial charge < -0.3 is 25.5 Å². The van der Waals surface area contributed by atoms with Gasteiger partial charge in [-0.15, -0.1) is 5.10 Å². The Morgan fingerprint density at radius 2 is 1.79 bits per heavy atom. The lowest BCUT2D eigenvalue weighted by Crippen LogP contribution is -2.50. The van der Waals surface area contributed by atoms with E-state index >= 15 is 0 Å². The third-order valence-corrected chi connectivity index (χ3v) is 3.29. The highest BCUT2D eigenvalue weighted by molar-refractivity contribution is 5.93. The molecule has 10 nitrogen and oxygen atoms in total. The molecule has 0 spiro atoms. The fraction of sp³-hybridized carbons (Fsp3) is 0.357. The zero-order chi connectivity index (χ0) is 17.7. The van der Waals surface area contributed by atoms with Crippen molar-refractivity contribution in [3.63, 3.8) is 0 Å². The highest BCUT2D eigenvalue weighted by atomic mass is 16.4. The van der Waals surface area contributed by atoms with Crippen LogP contribution < -0.4 is 5.32 Å². The lowest BCUT2D eigenvalue weighted by molar-refractivity contribution is -0.144. The second-order valence-electron chi connectivity index (χ2n) is 5.04. The predicted octanol–water partition coefficient (Wildman–Crippen LogP) is -2.15. The molecule has 0 radical (unpaired) electrons. The third-order valence-electron chi connectivity index (χ3n) is 3.29. The van der Waals surface area contributed by atoms with Crippen LogP contribution in [0.1, 0.15) is 0 Å². The van der Waals surface area contributed by atoms with E-state index in [9.17, 15) is 25.2 Å². The summed E-state index contributed by atoms with van der Waals surface area (Å²) >= 11 is 0. The fourth-order valence-electron chi connectivity index (χ4n) is 1.90. The average molecular weight is 338 g/mol. The third kappa shape index (κ3) is 4.13. The molecule has 0 saturated heterocycles. The molecule has 0 aliphatic heterocycles. The summed E-state index contributed by atoms with van der Waals surface area (Å²) in [5.41, 5.74) is 0.729. The number of carbonyl (C=O) groups excluding carboxylic acids is 1. The van der Waals surface area contributed by atoms with Crippen molar-refractivity contribution in [2.75, 3.05) is 11.9 Å². The standard InChI is InChI=1S/C14H18N4O6/c19-6-8(20)9(21)10(22)11(23)13(24)16-14-15-12(17-18-14)7-4-2-1-3-5-7/h1-5,8-11,19-23H,6H2,(H2,15,16,17,18,24)/t8-,9-,10+,11-/m1/s1. The van der Waals surface area contributed by atoms with Crippen LogP contribution in [0, 0.1) is 0 Å². The molecule has 24 heavy (non-hydrogen) atoms. The summed E-state index contributed by atoms with van der Waals surface area (Å²) in [7, 11) is 0. The van der Waals surface area contributed by atoms with Crippen molar-refractivity contribution < 1.29 is 30.3 Å². The number of aliphatic hydroxyl groups excluding tert-OH is 5. The zero-order valence-electron chi connectivity index (χ0n) is 12.4. The van der Waals surface area contributed by atoms with Crippen LogP contribution in [0.25, 0.3) is 11.4 Å². The number of aromatic amines is 1. The Balaban J connectivity index is 2.01. The van der Waals surface area contributed by atoms with Gasteiger partial charge in [-0.3, -0.25) is 15.2 Å². The summed E-state index contributed by atoms with van der Waals surface area (Å²) in [5.74, 6) is -0.829. The van der Waals surface area contributed by atoms with E-state index in [1.807, 2.05) is 6.07 Å². The fourth-order valence-corrected chi connectivity index (χ4v) is 1.90. The van der Waals surface area contributed by atoms with E-state index in [-0.39, 0.29) is 5.95 Å². The van der Waals surface area contributed by atoms with Gasteiger partial charge in [0.15, 0.2) is 11.9 Å². The summed E-state index contributed by atoms with van der Waals surface area (Å²) in [6, 6.07) is 8.97. The number of aliphatic hydroxyl groups is 5. The number of nitrogens with zero attached hydrogens (tertiary/aromatic N) is 2. The summed E-state index contributed by atoms with van der Waals surface area (Å²) in [6.45, 7) is -0.839. The van der Waals surface area contributed by atoms with Gasteiger partial charge in [-0.1, -0.05) is 30.3 Å². The van der Waals surface area contributed by atoms with Gasteiger partial charge in [0.25, 0.3) is 5.91 Å². The number of hydrogen-bond acceptors (Lipinski definition) is 8. The number of carbonyl (C=O) groups is 1. The Hall–Kier alpha value is -2.37. The van der Waals surface area contributed by atoms with E-state index in [0.717, 1.165) is 5.56 Å². The first-order valence-corrected chi connectivity index (χ1v) is 7.06. The highest BCUT2D eigenvalue weighted by Gasteiger charge is 2.34. The molecular weight excluding hydrogens is 320 g/mol. The molecule has 0 saturated carbocycles. The molecule has 130 valence electrons.